The van der Waals surface area contributed by atoms with Crippen LogP contribution in [0.15, 0.2) is 12.1 Å². The molecule has 0 saturated heterocycles. The van der Waals surface area contributed by atoms with Gasteiger partial charge in [-0.25, -0.2) is 9.78 Å². The Morgan fingerprint density at radius 3 is 2.68 bits per heavy atom. The maximum atomic E-state index is 11.4. The van der Waals surface area contributed by atoms with Crippen molar-refractivity contribution >= 4 is 23.4 Å². The first-order valence-electron chi connectivity index (χ1n) is 5.83. The monoisotopic (exact) mass is 266 g/mol. The Bertz CT molecular complexity index is 476. The van der Waals surface area contributed by atoms with E-state index in [1.165, 1.54) is 13.2 Å². The summed E-state index contributed by atoms with van der Waals surface area (Å²) in [6.45, 7) is 2.53. The normalized spacial score (nSPS) is 9.84. The number of hydrogen-bond acceptors (Lipinski definition) is 6. The number of nitrogens with two attached hydrogens (primary N) is 1. The van der Waals surface area contributed by atoms with Crippen LogP contribution in [0.4, 0.5) is 11.5 Å². The molecule has 1 rings (SSSR count). The van der Waals surface area contributed by atoms with E-state index in [9.17, 15) is 9.59 Å². The molecule has 0 fully saturated rings. The van der Waals surface area contributed by atoms with Gasteiger partial charge in [-0.1, -0.05) is 0 Å². The van der Waals surface area contributed by atoms with Gasteiger partial charge in [0.25, 0.3) is 0 Å². The number of anilines is 2. The quantitative estimate of drug-likeness (QED) is 0.729. The van der Waals surface area contributed by atoms with Crippen LogP contribution in [-0.2, 0) is 9.53 Å². The molecule has 0 aliphatic heterocycles. The number of carbonyl (C=O) groups excluding carboxylic acids is 2. The molecule has 0 radical (unpaired) electrons. The summed E-state index contributed by atoms with van der Waals surface area (Å²) < 4.78 is 4.61. The second kappa shape index (κ2) is 6.58. The van der Waals surface area contributed by atoms with Crippen LogP contribution >= 0.6 is 0 Å². The van der Waals surface area contributed by atoms with Crippen LogP contribution in [0.1, 0.15) is 17.4 Å². The van der Waals surface area contributed by atoms with E-state index in [1.54, 1.807) is 18.0 Å². The minimum atomic E-state index is -0.544. The number of amides is 1. The molecule has 0 saturated carbocycles. The van der Waals surface area contributed by atoms with Crippen molar-refractivity contribution in [3.63, 3.8) is 0 Å². The highest BCUT2D eigenvalue weighted by Gasteiger charge is 2.16. The van der Waals surface area contributed by atoms with Crippen molar-refractivity contribution in [2.75, 3.05) is 37.9 Å². The molecule has 0 atom stereocenters. The van der Waals surface area contributed by atoms with Gasteiger partial charge in [-0.2, -0.15) is 0 Å². The molecule has 7 nitrogen and oxygen atoms in total. The average Bonchev–Trinajstić information content (AvgIpc) is 2.44. The van der Waals surface area contributed by atoms with Gasteiger partial charge in [0, 0.05) is 13.6 Å². The second-order valence-corrected chi connectivity index (χ2v) is 3.79. The van der Waals surface area contributed by atoms with Crippen molar-refractivity contribution in [3.05, 3.63) is 17.8 Å². The Labute approximate surface area is 111 Å². The standard InChI is InChI=1S/C12H18N4O3/c1-4-16(7-10(17)14-2)11-8(13)5-6-9(15-11)12(18)19-3/h5-6H,4,7,13H2,1-3H3,(H,14,17). The Hall–Kier alpha value is -2.31. The van der Waals surface area contributed by atoms with Gasteiger partial charge in [0.15, 0.2) is 11.5 Å². The summed E-state index contributed by atoms with van der Waals surface area (Å²) in [4.78, 5) is 28.7. The van der Waals surface area contributed by atoms with E-state index in [-0.39, 0.29) is 18.1 Å². The van der Waals surface area contributed by atoms with Crippen molar-refractivity contribution in [1.29, 1.82) is 0 Å². The van der Waals surface area contributed by atoms with Gasteiger partial charge in [0.1, 0.15) is 0 Å². The van der Waals surface area contributed by atoms with Crippen LogP contribution in [0.5, 0.6) is 0 Å². The van der Waals surface area contributed by atoms with E-state index in [0.717, 1.165) is 0 Å². The summed E-state index contributed by atoms with van der Waals surface area (Å²) >= 11 is 0. The molecule has 0 bridgehead atoms. The number of methoxy groups -OCH3 is 1. The summed E-state index contributed by atoms with van der Waals surface area (Å²) in [5.41, 5.74) is 6.39. The van der Waals surface area contributed by atoms with E-state index < -0.39 is 5.97 Å². The van der Waals surface area contributed by atoms with Crippen LogP contribution in [0.2, 0.25) is 0 Å². The Balaban J connectivity index is 3.08. The number of esters is 1. The SMILES string of the molecule is CCN(CC(=O)NC)c1nc(C(=O)OC)ccc1N. The number of pyridine rings is 1. The number of nitrogens with zero attached hydrogens (tertiary/aromatic N) is 2. The zero-order valence-electron chi connectivity index (χ0n) is 11.3. The summed E-state index contributed by atoms with van der Waals surface area (Å²) in [5.74, 6) is -0.308. The fraction of sp³-hybridized carbons (Fsp3) is 0.417. The number of aromatic nitrogens is 1. The fourth-order valence-corrected chi connectivity index (χ4v) is 1.52. The maximum Gasteiger partial charge on any atom is 0.356 e. The molecule has 1 amide bonds. The lowest BCUT2D eigenvalue weighted by atomic mass is 10.3. The first-order chi connectivity index (χ1) is 9.03. The summed E-state index contributed by atoms with van der Waals surface area (Å²) in [7, 11) is 2.83. The molecule has 0 aromatic carbocycles. The molecule has 7 heteroatoms. The lowest BCUT2D eigenvalue weighted by Crippen LogP contribution is -2.36. The highest BCUT2D eigenvalue weighted by molar-refractivity contribution is 5.89. The topological polar surface area (TPSA) is 97.5 Å². The smallest absolute Gasteiger partial charge is 0.356 e. The summed E-state index contributed by atoms with van der Waals surface area (Å²) in [6, 6.07) is 3.06. The molecule has 3 N–H and O–H groups in total. The van der Waals surface area contributed by atoms with Crippen molar-refractivity contribution in [2.24, 2.45) is 0 Å². The third-order valence-corrected chi connectivity index (χ3v) is 2.59. The number of nitrogens with one attached hydrogen (secondary N) is 1. The lowest BCUT2D eigenvalue weighted by molar-refractivity contribution is -0.119. The van der Waals surface area contributed by atoms with Crippen molar-refractivity contribution < 1.29 is 14.3 Å². The van der Waals surface area contributed by atoms with E-state index in [1.807, 2.05) is 6.92 Å². The molecule has 104 valence electrons. The van der Waals surface area contributed by atoms with Gasteiger partial charge in [-0.05, 0) is 19.1 Å². The van der Waals surface area contributed by atoms with Gasteiger partial charge >= 0.3 is 5.97 Å². The highest BCUT2D eigenvalue weighted by Crippen LogP contribution is 2.20. The van der Waals surface area contributed by atoms with E-state index in [2.05, 4.69) is 15.0 Å². The third kappa shape index (κ3) is 3.57. The molecular weight excluding hydrogens is 248 g/mol. The van der Waals surface area contributed by atoms with Gasteiger partial charge in [-0.15, -0.1) is 0 Å². The van der Waals surface area contributed by atoms with Gasteiger partial charge in [-0.3, -0.25) is 4.79 Å². The van der Waals surface area contributed by atoms with Crippen molar-refractivity contribution in [2.45, 2.75) is 6.92 Å². The van der Waals surface area contributed by atoms with Crippen molar-refractivity contribution in [1.82, 2.24) is 10.3 Å². The molecule has 0 unspecified atom stereocenters. The molecule has 1 aromatic heterocycles. The average molecular weight is 266 g/mol. The van der Waals surface area contributed by atoms with E-state index in [0.29, 0.717) is 18.1 Å². The predicted molar refractivity (Wildman–Crippen MR) is 71.9 cm³/mol. The van der Waals surface area contributed by atoms with Crippen LogP contribution in [0, 0.1) is 0 Å². The predicted octanol–water partition coefficient (Wildman–Crippen LogP) is 0.0227. The molecular formula is C12H18N4O3. The van der Waals surface area contributed by atoms with Crippen LogP contribution in [0.25, 0.3) is 0 Å². The van der Waals surface area contributed by atoms with E-state index >= 15 is 0 Å². The Morgan fingerprint density at radius 2 is 2.16 bits per heavy atom. The third-order valence-electron chi connectivity index (χ3n) is 2.59. The molecule has 0 aliphatic carbocycles. The van der Waals surface area contributed by atoms with Crippen LogP contribution in [-0.4, -0.2) is 44.1 Å². The minimum Gasteiger partial charge on any atom is -0.464 e. The van der Waals surface area contributed by atoms with Gasteiger partial charge < -0.3 is 20.7 Å². The minimum absolute atomic E-state index is 0.120. The van der Waals surface area contributed by atoms with E-state index in [4.69, 9.17) is 5.73 Å². The summed E-state index contributed by atoms with van der Waals surface area (Å²) in [6.07, 6.45) is 0. The molecule has 19 heavy (non-hydrogen) atoms. The molecule has 0 aliphatic rings. The fourth-order valence-electron chi connectivity index (χ4n) is 1.52. The molecule has 0 spiro atoms. The Kier molecular flexibility index (Phi) is 5.11. The van der Waals surface area contributed by atoms with Gasteiger partial charge in [0.05, 0.1) is 19.3 Å². The number of hydrogen-bond donors (Lipinski definition) is 2. The largest absolute Gasteiger partial charge is 0.464 e. The number of nitrogen functional groups attached to an aromatic ring is 1. The first kappa shape index (κ1) is 14.7. The maximum absolute atomic E-state index is 11.4. The second-order valence-electron chi connectivity index (χ2n) is 3.79. The number of likely N-dealkylation sites (N-methyl/N-ethyl adjacent to an activating group) is 2. The van der Waals surface area contributed by atoms with Crippen LogP contribution in [0.3, 0.4) is 0 Å². The Morgan fingerprint density at radius 1 is 1.47 bits per heavy atom. The number of rotatable bonds is 5. The highest BCUT2D eigenvalue weighted by atomic mass is 16.5. The van der Waals surface area contributed by atoms with Gasteiger partial charge in [0.2, 0.25) is 5.91 Å². The molecule has 1 aromatic rings. The number of ether oxygens (including phenoxy) is 1. The van der Waals surface area contributed by atoms with Crippen LogP contribution < -0.4 is 16.0 Å². The lowest BCUT2D eigenvalue weighted by Gasteiger charge is -2.22. The molecule has 1 heterocycles. The first-order valence-corrected chi connectivity index (χ1v) is 5.83. The zero-order chi connectivity index (χ0) is 14.4. The number of carbonyl (C=O) groups is 2. The summed E-state index contributed by atoms with van der Waals surface area (Å²) in [5, 5.41) is 2.53. The zero-order valence-corrected chi connectivity index (χ0v) is 11.3. The van der Waals surface area contributed by atoms with Crippen molar-refractivity contribution in [3.8, 4) is 0 Å².